The van der Waals surface area contributed by atoms with Gasteiger partial charge in [-0.1, -0.05) is 50.6 Å². The van der Waals surface area contributed by atoms with Gasteiger partial charge in [-0.05, 0) is 24.3 Å². The number of amides is 1. The lowest BCUT2D eigenvalue weighted by molar-refractivity contribution is -0.123. The van der Waals surface area contributed by atoms with E-state index in [-0.39, 0.29) is 11.8 Å². The fourth-order valence-electron chi connectivity index (χ4n) is 1.96. The Balaban J connectivity index is 2.54. The molecule has 0 saturated carbocycles. The molecule has 1 amide bonds. The summed E-state index contributed by atoms with van der Waals surface area (Å²) in [5, 5.41) is 0. The number of carbonyl (C=O) groups is 1. The molecule has 0 bridgehead atoms. The van der Waals surface area contributed by atoms with E-state index in [9.17, 15) is 4.79 Å². The molecule has 0 spiro atoms. The highest BCUT2D eigenvalue weighted by Crippen LogP contribution is 2.20. The second-order valence-corrected chi connectivity index (χ2v) is 4.42. The van der Waals surface area contributed by atoms with Crippen LogP contribution in [0.15, 0.2) is 30.3 Å². The third-order valence-electron chi connectivity index (χ3n) is 3.28. The molecule has 2 nitrogen and oxygen atoms in total. The van der Waals surface area contributed by atoms with E-state index in [4.69, 9.17) is 5.73 Å². The van der Waals surface area contributed by atoms with Gasteiger partial charge in [0.25, 0.3) is 0 Å². The SMILES string of the molecule is CCC(C)[C@@H](CCc1ccccc1)C(N)=O. The van der Waals surface area contributed by atoms with Crippen LogP contribution < -0.4 is 5.73 Å². The minimum atomic E-state index is -0.162. The number of rotatable bonds is 6. The number of nitrogens with two attached hydrogens (primary N) is 1. The quantitative estimate of drug-likeness (QED) is 0.785. The molecule has 0 aliphatic rings. The van der Waals surface area contributed by atoms with E-state index in [0.29, 0.717) is 5.92 Å². The molecule has 0 heterocycles. The molecule has 0 aliphatic heterocycles. The van der Waals surface area contributed by atoms with E-state index >= 15 is 0 Å². The van der Waals surface area contributed by atoms with Gasteiger partial charge in [-0.15, -0.1) is 0 Å². The van der Waals surface area contributed by atoms with Gasteiger partial charge in [0.1, 0.15) is 0 Å². The lowest BCUT2D eigenvalue weighted by Crippen LogP contribution is -2.29. The molecule has 2 N–H and O–H groups in total. The largest absolute Gasteiger partial charge is 0.369 e. The van der Waals surface area contributed by atoms with E-state index in [2.05, 4.69) is 26.0 Å². The van der Waals surface area contributed by atoms with Gasteiger partial charge in [0.15, 0.2) is 0 Å². The van der Waals surface area contributed by atoms with Crippen molar-refractivity contribution in [3.05, 3.63) is 35.9 Å². The molecule has 16 heavy (non-hydrogen) atoms. The summed E-state index contributed by atoms with van der Waals surface area (Å²) < 4.78 is 0. The number of carbonyl (C=O) groups excluding carboxylic acids is 1. The van der Waals surface area contributed by atoms with Crippen molar-refractivity contribution in [3.8, 4) is 0 Å². The Labute approximate surface area is 97.9 Å². The van der Waals surface area contributed by atoms with Crippen LogP contribution >= 0.6 is 0 Å². The van der Waals surface area contributed by atoms with Crippen molar-refractivity contribution in [2.24, 2.45) is 17.6 Å². The maximum atomic E-state index is 11.3. The molecular weight excluding hydrogens is 198 g/mol. The summed E-state index contributed by atoms with van der Waals surface area (Å²) in [4.78, 5) is 11.3. The van der Waals surface area contributed by atoms with E-state index in [1.807, 2.05) is 18.2 Å². The van der Waals surface area contributed by atoms with Crippen molar-refractivity contribution in [1.82, 2.24) is 0 Å². The molecule has 1 aromatic rings. The second kappa shape index (κ2) is 6.31. The fraction of sp³-hybridized carbons (Fsp3) is 0.500. The predicted molar refractivity (Wildman–Crippen MR) is 66.9 cm³/mol. The van der Waals surface area contributed by atoms with E-state index in [0.717, 1.165) is 19.3 Å². The number of primary amides is 1. The molecule has 0 aromatic heterocycles. The zero-order chi connectivity index (χ0) is 12.0. The van der Waals surface area contributed by atoms with Gasteiger partial charge in [0.2, 0.25) is 5.91 Å². The molecule has 2 atom stereocenters. The lowest BCUT2D eigenvalue weighted by Gasteiger charge is -2.19. The molecule has 0 aliphatic carbocycles. The number of aryl methyl sites for hydroxylation is 1. The highest BCUT2D eigenvalue weighted by Gasteiger charge is 2.20. The predicted octanol–water partition coefficient (Wildman–Crippen LogP) is 2.77. The Morgan fingerprint density at radius 2 is 1.94 bits per heavy atom. The van der Waals surface area contributed by atoms with Crippen LogP contribution in [0.4, 0.5) is 0 Å². The van der Waals surface area contributed by atoms with Crippen LogP contribution in [0.1, 0.15) is 32.3 Å². The smallest absolute Gasteiger partial charge is 0.220 e. The Kier molecular flexibility index (Phi) is 5.03. The highest BCUT2D eigenvalue weighted by atomic mass is 16.1. The third-order valence-corrected chi connectivity index (χ3v) is 3.28. The summed E-state index contributed by atoms with van der Waals surface area (Å²) in [5.74, 6) is 0.219. The first-order valence-electron chi connectivity index (χ1n) is 5.98. The van der Waals surface area contributed by atoms with Crippen LogP contribution in [0.25, 0.3) is 0 Å². The standard InChI is InChI=1S/C14H21NO/c1-3-11(2)13(14(15)16)10-9-12-7-5-4-6-8-12/h4-8,11,13H,3,9-10H2,1-2H3,(H2,15,16)/t11?,13-/m1/s1. The van der Waals surface area contributed by atoms with E-state index in [1.165, 1.54) is 5.56 Å². The van der Waals surface area contributed by atoms with Crippen molar-refractivity contribution < 1.29 is 4.79 Å². The van der Waals surface area contributed by atoms with Gasteiger partial charge in [-0.25, -0.2) is 0 Å². The Morgan fingerprint density at radius 1 is 1.31 bits per heavy atom. The zero-order valence-electron chi connectivity index (χ0n) is 10.1. The molecule has 2 heteroatoms. The molecule has 0 radical (unpaired) electrons. The van der Waals surface area contributed by atoms with Crippen LogP contribution in [0.2, 0.25) is 0 Å². The maximum absolute atomic E-state index is 11.3. The van der Waals surface area contributed by atoms with E-state index < -0.39 is 0 Å². The first kappa shape index (κ1) is 12.8. The Bertz CT molecular complexity index is 321. The number of hydrogen-bond donors (Lipinski definition) is 1. The molecule has 1 rings (SSSR count). The maximum Gasteiger partial charge on any atom is 0.220 e. The van der Waals surface area contributed by atoms with Gasteiger partial charge in [0, 0.05) is 5.92 Å². The molecular formula is C14H21NO. The summed E-state index contributed by atoms with van der Waals surface area (Å²) in [5.41, 5.74) is 6.71. The van der Waals surface area contributed by atoms with Crippen LogP contribution in [-0.4, -0.2) is 5.91 Å². The molecule has 0 fully saturated rings. The summed E-state index contributed by atoms with van der Waals surface area (Å²) in [7, 11) is 0. The number of hydrogen-bond acceptors (Lipinski definition) is 1. The molecule has 88 valence electrons. The second-order valence-electron chi connectivity index (χ2n) is 4.42. The topological polar surface area (TPSA) is 43.1 Å². The van der Waals surface area contributed by atoms with E-state index in [1.54, 1.807) is 0 Å². The first-order valence-corrected chi connectivity index (χ1v) is 5.98. The molecule has 1 aromatic carbocycles. The van der Waals surface area contributed by atoms with Crippen molar-refractivity contribution >= 4 is 5.91 Å². The summed E-state index contributed by atoms with van der Waals surface area (Å²) in [6.45, 7) is 4.20. The van der Waals surface area contributed by atoms with Gasteiger partial charge >= 0.3 is 0 Å². The monoisotopic (exact) mass is 219 g/mol. The van der Waals surface area contributed by atoms with Crippen molar-refractivity contribution in [3.63, 3.8) is 0 Å². The van der Waals surface area contributed by atoms with Crippen LogP contribution in [-0.2, 0) is 11.2 Å². The average Bonchev–Trinajstić information content (AvgIpc) is 2.30. The van der Waals surface area contributed by atoms with Gasteiger partial charge in [-0.2, -0.15) is 0 Å². The molecule has 1 unspecified atom stereocenters. The van der Waals surface area contributed by atoms with Crippen molar-refractivity contribution in [2.45, 2.75) is 33.1 Å². The Hall–Kier alpha value is -1.31. The highest BCUT2D eigenvalue weighted by molar-refractivity contribution is 5.76. The fourth-order valence-corrected chi connectivity index (χ4v) is 1.96. The third kappa shape index (κ3) is 3.69. The summed E-state index contributed by atoms with van der Waals surface area (Å²) in [6.07, 6.45) is 2.79. The minimum Gasteiger partial charge on any atom is -0.369 e. The molecule has 0 saturated heterocycles. The summed E-state index contributed by atoms with van der Waals surface area (Å²) >= 11 is 0. The van der Waals surface area contributed by atoms with Crippen LogP contribution in [0, 0.1) is 11.8 Å². The minimum absolute atomic E-state index is 0.00482. The van der Waals surface area contributed by atoms with Crippen molar-refractivity contribution in [1.29, 1.82) is 0 Å². The van der Waals surface area contributed by atoms with Gasteiger partial charge in [-0.3, -0.25) is 4.79 Å². The van der Waals surface area contributed by atoms with Crippen molar-refractivity contribution in [2.75, 3.05) is 0 Å². The van der Waals surface area contributed by atoms with Gasteiger partial charge in [0.05, 0.1) is 0 Å². The van der Waals surface area contributed by atoms with Crippen LogP contribution in [0.3, 0.4) is 0 Å². The van der Waals surface area contributed by atoms with Crippen LogP contribution in [0.5, 0.6) is 0 Å². The normalized spacial score (nSPS) is 14.4. The lowest BCUT2D eigenvalue weighted by atomic mass is 9.86. The van der Waals surface area contributed by atoms with Gasteiger partial charge < -0.3 is 5.73 Å². The average molecular weight is 219 g/mol. The Morgan fingerprint density at radius 3 is 2.44 bits per heavy atom. The summed E-state index contributed by atoms with van der Waals surface area (Å²) in [6, 6.07) is 10.2. The number of benzene rings is 1. The first-order chi connectivity index (χ1) is 7.65. The zero-order valence-corrected chi connectivity index (χ0v) is 10.1.